The van der Waals surface area contributed by atoms with Gasteiger partial charge in [-0.15, -0.1) is 6.58 Å². The summed E-state index contributed by atoms with van der Waals surface area (Å²) in [6, 6.07) is 16.0. The third-order valence-electron chi connectivity index (χ3n) is 4.01. The molecule has 0 amide bonds. The first kappa shape index (κ1) is 17.4. The summed E-state index contributed by atoms with van der Waals surface area (Å²) in [5, 5.41) is 0. The van der Waals surface area contributed by atoms with Gasteiger partial charge in [0.1, 0.15) is 0 Å². The molecule has 2 aromatic carbocycles. The lowest BCUT2D eigenvalue weighted by Gasteiger charge is -2.32. The number of hydrogen-bond acceptors (Lipinski definition) is 2. The average Bonchev–Trinajstić information content (AvgIpc) is 2.54. The number of hydrogen-bond donors (Lipinski definition) is 1. The molecule has 4 heteroatoms. The Hall–Kier alpha value is -1.91. The van der Waals surface area contributed by atoms with Crippen LogP contribution in [0.2, 0.25) is 0 Å². The van der Waals surface area contributed by atoms with Gasteiger partial charge in [0, 0.05) is 5.41 Å². The lowest BCUT2D eigenvalue weighted by atomic mass is 9.81. The highest BCUT2D eigenvalue weighted by atomic mass is 32.2. The van der Waals surface area contributed by atoms with Crippen molar-refractivity contribution in [3.05, 3.63) is 78.4 Å². The van der Waals surface area contributed by atoms with Crippen LogP contribution in [0.1, 0.15) is 31.0 Å². The van der Waals surface area contributed by atoms with Gasteiger partial charge in [-0.2, -0.15) is 0 Å². The highest BCUT2D eigenvalue weighted by Gasteiger charge is 2.32. The van der Waals surface area contributed by atoms with Crippen molar-refractivity contribution >= 4 is 10.0 Å². The summed E-state index contributed by atoms with van der Waals surface area (Å²) < 4.78 is 28.3. The minimum Gasteiger partial charge on any atom is -0.207 e. The molecule has 122 valence electrons. The van der Waals surface area contributed by atoms with Crippen molar-refractivity contribution in [3.63, 3.8) is 0 Å². The van der Waals surface area contributed by atoms with Crippen molar-refractivity contribution in [2.45, 2.75) is 31.7 Å². The average molecular weight is 329 g/mol. The third-order valence-corrected chi connectivity index (χ3v) is 5.45. The zero-order chi connectivity index (χ0) is 17.1. The molecule has 2 rings (SSSR count). The van der Waals surface area contributed by atoms with E-state index in [9.17, 15) is 8.42 Å². The molecule has 0 bridgehead atoms. The highest BCUT2D eigenvalue weighted by molar-refractivity contribution is 7.89. The summed E-state index contributed by atoms with van der Waals surface area (Å²) in [5.74, 6) is 0. The number of benzene rings is 2. The fourth-order valence-corrected chi connectivity index (χ4v) is 3.73. The fourth-order valence-electron chi connectivity index (χ4n) is 2.35. The van der Waals surface area contributed by atoms with Crippen LogP contribution in [0, 0.1) is 12.3 Å². The van der Waals surface area contributed by atoms with Gasteiger partial charge in [0.25, 0.3) is 0 Å². The molecular weight excluding hydrogens is 306 g/mol. The SMILES string of the molecule is C=CC(C)(C)C(NS(=O)(=O)c1ccc(C)cc1)c1ccccc1. The summed E-state index contributed by atoms with van der Waals surface area (Å²) in [5.41, 5.74) is 1.50. The Labute approximate surface area is 139 Å². The van der Waals surface area contributed by atoms with Crippen LogP contribution in [0.5, 0.6) is 0 Å². The van der Waals surface area contributed by atoms with E-state index in [1.807, 2.05) is 51.1 Å². The maximum absolute atomic E-state index is 12.7. The van der Waals surface area contributed by atoms with E-state index in [1.165, 1.54) is 0 Å². The molecule has 1 unspecified atom stereocenters. The standard InChI is InChI=1S/C19H23NO2S/c1-5-19(3,4)18(16-9-7-6-8-10-16)20-23(21,22)17-13-11-15(2)12-14-17/h5-14,18,20H,1H2,2-4H3. The van der Waals surface area contributed by atoms with Crippen LogP contribution in [0.25, 0.3) is 0 Å². The van der Waals surface area contributed by atoms with Crippen LogP contribution in [-0.4, -0.2) is 8.42 Å². The fraction of sp³-hybridized carbons (Fsp3) is 0.263. The van der Waals surface area contributed by atoms with Gasteiger partial charge >= 0.3 is 0 Å². The molecule has 2 aromatic rings. The summed E-state index contributed by atoms with van der Waals surface area (Å²) in [4.78, 5) is 0.267. The van der Waals surface area contributed by atoms with Crippen molar-refractivity contribution in [3.8, 4) is 0 Å². The van der Waals surface area contributed by atoms with Gasteiger partial charge in [-0.3, -0.25) is 0 Å². The van der Waals surface area contributed by atoms with E-state index in [-0.39, 0.29) is 4.90 Å². The zero-order valence-electron chi connectivity index (χ0n) is 13.8. The minimum atomic E-state index is -3.62. The van der Waals surface area contributed by atoms with Crippen molar-refractivity contribution in [2.75, 3.05) is 0 Å². The normalized spacial score (nSPS) is 13.5. The Morgan fingerprint density at radius 3 is 2.13 bits per heavy atom. The smallest absolute Gasteiger partial charge is 0.207 e. The first-order valence-corrected chi connectivity index (χ1v) is 9.02. The molecule has 0 aliphatic rings. The maximum atomic E-state index is 12.7. The van der Waals surface area contributed by atoms with Gasteiger partial charge in [-0.25, -0.2) is 13.1 Å². The van der Waals surface area contributed by atoms with Gasteiger partial charge in [0.15, 0.2) is 0 Å². The summed E-state index contributed by atoms with van der Waals surface area (Å²) in [6.45, 7) is 9.72. The molecule has 0 saturated heterocycles. The Kier molecular flexibility index (Phi) is 5.07. The summed E-state index contributed by atoms with van der Waals surface area (Å²) in [7, 11) is -3.62. The van der Waals surface area contributed by atoms with Crippen molar-refractivity contribution < 1.29 is 8.42 Å². The van der Waals surface area contributed by atoms with E-state index in [0.29, 0.717) is 0 Å². The van der Waals surface area contributed by atoms with Crippen LogP contribution < -0.4 is 4.72 Å². The quantitative estimate of drug-likeness (QED) is 0.806. The molecule has 0 aliphatic heterocycles. The lowest BCUT2D eigenvalue weighted by molar-refractivity contribution is 0.353. The number of nitrogens with one attached hydrogen (secondary N) is 1. The van der Waals surface area contributed by atoms with E-state index >= 15 is 0 Å². The molecular formula is C19H23NO2S. The second-order valence-corrected chi connectivity index (χ2v) is 8.02. The summed E-state index contributed by atoms with van der Waals surface area (Å²) in [6.07, 6.45) is 1.78. The van der Waals surface area contributed by atoms with Crippen LogP contribution in [0.4, 0.5) is 0 Å². The minimum absolute atomic E-state index is 0.267. The van der Waals surface area contributed by atoms with Crippen LogP contribution in [-0.2, 0) is 10.0 Å². The molecule has 0 saturated carbocycles. The predicted octanol–water partition coefficient (Wildman–Crippen LogP) is 4.23. The Morgan fingerprint density at radius 2 is 1.61 bits per heavy atom. The van der Waals surface area contributed by atoms with Crippen LogP contribution >= 0.6 is 0 Å². The Bertz CT molecular complexity index is 763. The first-order valence-electron chi connectivity index (χ1n) is 7.54. The molecule has 0 aliphatic carbocycles. The van der Waals surface area contributed by atoms with E-state index in [1.54, 1.807) is 30.3 Å². The van der Waals surface area contributed by atoms with Crippen LogP contribution in [0.3, 0.4) is 0 Å². The zero-order valence-corrected chi connectivity index (χ0v) is 14.6. The van der Waals surface area contributed by atoms with Gasteiger partial charge in [-0.1, -0.05) is 68.0 Å². The second kappa shape index (κ2) is 6.69. The van der Waals surface area contributed by atoms with E-state index in [4.69, 9.17) is 0 Å². The number of rotatable bonds is 6. The summed E-state index contributed by atoms with van der Waals surface area (Å²) >= 11 is 0. The first-order chi connectivity index (χ1) is 10.8. The predicted molar refractivity (Wildman–Crippen MR) is 94.7 cm³/mol. The third kappa shape index (κ3) is 4.09. The van der Waals surface area contributed by atoms with E-state index in [2.05, 4.69) is 11.3 Å². The largest absolute Gasteiger partial charge is 0.241 e. The van der Waals surface area contributed by atoms with E-state index in [0.717, 1.165) is 11.1 Å². The second-order valence-electron chi connectivity index (χ2n) is 6.30. The molecule has 0 heterocycles. The van der Waals surface area contributed by atoms with E-state index < -0.39 is 21.5 Å². The number of aryl methyl sites for hydroxylation is 1. The maximum Gasteiger partial charge on any atom is 0.241 e. The number of sulfonamides is 1. The molecule has 0 aromatic heterocycles. The molecule has 0 spiro atoms. The van der Waals surface area contributed by atoms with Crippen LogP contribution in [0.15, 0.2) is 72.1 Å². The Morgan fingerprint density at radius 1 is 1.04 bits per heavy atom. The molecule has 3 nitrogen and oxygen atoms in total. The molecule has 23 heavy (non-hydrogen) atoms. The van der Waals surface area contributed by atoms with Gasteiger partial charge in [-0.05, 0) is 24.6 Å². The van der Waals surface area contributed by atoms with Crippen molar-refractivity contribution in [2.24, 2.45) is 5.41 Å². The Balaban J connectivity index is 2.42. The van der Waals surface area contributed by atoms with Gasteiger partial charge in [0.05, 0.1) is 10.9 Å². The lowest BCUT2D eigenvalue weighted by Crippen LogP contribution is -2.37. The highest BCUT2D eigenvalue weighted by Crippen LogP contribution is 2.35. The molecule has 0 radical (unpaired) electrons. The molecule has 1 N–H and O–H groups in total. The van der Waals surface area contributed by atoms with Gasteiger partial charge in [0.2, 0.25) is 10.0 Å². The van der Waals surface area contributed by atoms with Crippen molar-refractivity contribution in [1.29, 1.82) is 0 Å². The van der Waals surface area contributed by atoms with Gasteiger partial charge < -0.3 is 0 Å². The molecule has 0 fully saturated rings. The molecule has 1 atom stereocenters. The monoisotopic (exact) mass is 329 g/mol. The van der Waals surface area contributed by atoms with Crippen molar-refractivity contribution in [1.82, 2.24) is 4.72 Å². The topological polar surface area (TPSA) is 46.2 Å².